The van der Waals surface area contributed by atoms with Crippen LogP contribution < -0.4 is 0 Å². The van der Waals surface area contributed by atoms with E-state index < -0.39 is 5.97 Å². The SMILES string of the molecule is CCOC(=O)c1c(C)[nH]c2c1c(O)c(N=O)c1ccccc12. The molecule has 0 spiro atoms. The summed E-state index contributed by atoms with van der Waals surface area (Å²) in [5.74, 6) is -0.857. The van der Waals surface area contributed by atoms with Gasteiger partial charge in [0.25, 0.3) is 0 Å². The maximum atomic E-state index is 12.2. The first-order valence-corrected chi connectivity index (χ1v) is 6.86. The van der Waals surface area contributed by atoms with Crippen LogP contribution in [0.2, 0.25) is 0 Å². The molecule has 1 aromatic heterocycles. The Morgan fingerprint density at radius 3 is 2.64 bits per heavy atom. The van der Waals surface area contributed by atoms with Crippen molar-refractivity contribution < 1.29 is 14.6 Å². The summed E-state index contributed by atoms with van der Waals surface area (Å²) >= 11 is 0. The molecule has 6 heteroatoms. The lowest BCUT2D eigenvalue weighted by Gasteiger charge is -2.07. The topological polar surface area (TPSA) is 91.8 Å². The van der Waals surface area contributed by atoms with Gasteiger partial charge < -0.3 is 14.8 Å². The summed E-state index contributed by atoms with van der Waals surface area (Å²) in [6, 6.07) is 7.07. The van der Waals surface area contributed by atoms with Gasteiger partial charge in [0.1, 0.15) is 0 Å². The van der Waals surface area contributed by atoms with E-state index in [1.54, 1.807) is 32.0 Å². The predicted molar refractivity (Wildman–Crippen MR) is 83.6 cm³/mol. The van der Waals surface area contributed by atoms with E-state index in [-0.39, 0.29) is 29.0 Å². The first kappa shape index (κ1) is 14.1. The van der Waals surface area contributed by atoms with Gasteiger partial charge in [-0.25, -0.2) is 4.79 Å². The normalized spacial score (nSPS) is 11.0. The Balaban J connectivity index is 2.51. The molecule has 0 amide bonds. The molecule has 0 aliphatic rings. The summed E-state index contributed by atoms with van der Waals surface area (Å²) in [5.41, 5.74) is 1.30. The standard InChI is InChI=1S/C16H14N2O4/c1-3-22-16(20)11-8(2)17-13-9-6-4-5-7-10(9)14(18-21)15(19)12(11)13/h4-7,17,19H,3H2,1-2H3. The second kappa shape index (κ2) is 5.14. The number of nitrogens with zero attached hydrogens (tertiary/aromatic N) is 1. The average molecular weight is 298 g/mol. The minimum Gasteiger partial charge on any atom is -0.505 e. The molecule has 0 aliphatic carbocycles. The van der Waals surface area contributed by atoms with Crippen molar-refractivity contribution in [1.29, 1.82) is 0 Å². The van der Waals surface area contributed by atoms with E-state index in [1.807, 2.05) is 6.07 Å². The van der Waals surface area contributed by atoms with Crippen LogP contribution in [-0.2, 0) is 4.74 Å². The third-order valence-electron chi connectivity index (χ3n) is 3.67. The van der Waals surface area contributed by atoms with E-state index in [1.165, 1.54) is 0 Å². The molecule has 0 saturated heterocycles. The van der Waals surface area contributed by atoms with Crippen molar-refractivity contribution >= 4 is 33.3 Å². The fourth-order valence-electron chi connectivity index (χ4n) is 2.77. The number of benzene rings is 2. The van der Waals surface area contributed by atoms with Crippen molar-refractivity contribution in [1.82, 2.24) is 4.98 Å². The van der Waals surface area contributed by atoms with E-state index >= 15 is 0 Å². The molecule has 0 aliphatic heterocycles. The molecule has 2 N–H and O–H groups in total. The maximum Gasteiger partial charge on any atom is 0.340 e. The highest BCUT2D eigenvalue weighted by atomic mass is 16.5. The number of ether oxygens (including phenoxy) is 1. The fraction of sp³-hybridized carbons (Fsp3) is 0.188. The quantitative estimate of drug-likeness (QED) is 0.566. The van der Waals surface area contributed by atoms with Crippen molar-refractivity contribution in [2.24, 2.45) is 5.18 Å². The van der Waals surface area contributed by atoms with E-state index in [2.05, 4.69) is 10.2 Å². The number of rotatable bonds is 3. The second-order valence-electron chi connectivity index (χ2n) is 4.93. The van der Waals surface area contributed by atoms with Gasteiger partial charge in [-0.3, -0.25) is 0 Å². The lowest BCUT2D eigenvalue weighted by Crippen LogP contribution is -2.05. The number of aromatic amines is 1. The molecule has 0 fully saturated rings. The van der Waals surface area contributed by atoms with E-state index in [0.717, 1.165) is 0 Å². The van der Waals surface area contributed by atoms with Crippen LogP contribution in [0.15, 0.2) is 29.4 Å². The molecule has 0 saturated carbocycles. The zero-order chi connectivity index (χ0) is 15.9. The minimum absolute atomic E-state index is 0.0763. The number of phenols is 1. The summed E-state index contributed by atoms with van der Waals surface area (Å²) in [7, 11) is 0. The Morgan fingerprint density at radius 2 is 2.00 bits per heavy atom. The molecule has 3 rings (SSSR count). The van der Waals surface area contributed by atoms with Gasteiger partial charge in [-0.15, -0.1) is 4.91 Å². The molecule has 0 atom stereocenters. The van der Waals surface area contributed by atoms with Gasteiger partial charge in [-0.2, -0.15) is 0 Å². The maximum absolute atomic E-state index is 12.2. The lowest BCUT2D eigenvalue weighted by molar-refractivity contribution is 0.0527. The lowest BCUT2D eigenvalue weighted by atomic mass is 10.0. The zero-order valence-corrected chi connectivity index (χ0v) is 12.1. The first-order valence-electron chi connectivity index (χ1n) is 6.86. The highest BCUT2D eigenvalue weighted by molar-refractivity contribution is 6.20. The largest absolute Gasteiger partial charge is 0.505 e. The van der Waals surface area contributed by atoms with Gasteiger partial charge in [0, 0.05) is 16.5 Å². The number of nitroso groups, excluding NO2 is 1. The molecule has 6 nitrogen and oxygen atoms in total. The van der Waals surface area contributed by atoms with E-state index in [0.29, 0.717) is 22.0 Å². The Bertz CT molecular complexity index is 912. The molecular weight excluding hydrogens is 284 g/mol. The smallest absolute Gasteiger partial charge is 0.340 e. The molecular formula is C16H14N2O4. The van der Waals surface area contributed by atoms with Gasteiger partial charge in [-0.05, 0) is 19.0 Å². The number of phenolic OH excluding ortho intramolecular Hbond substituents is 1. The van der Waals surface area contributed by atoms with E-state index in [9.17, 15) is 14.8 Å². The van der Waals surface area contributed by atoms with Crippen LogP contribution in [0.3, 0.4) is 0 Å². The highest BCUT2D eigenvalue weighted by Crippen LogP contribution is 2.44. The highest BCUT2D eigenvalue weighted by Gasteiger charge is 2.24. The molecule has 0 radical (unpaired) electrons. The van der Waals surface area contributed by atoms with Crippen molar-refractivity contribution in [3.8, 4) is 5.75 Å². The zero-order valence-electron chi connectivity index (χ0n) is 12.1. The number of esters is 1. The molecule has 3 aromatic rings. The fourth-order valence-corrected chi connectivity index (χ4v) is 2.77. The van der Waals surface area contributed by atoms with Gasteiger partial charge in [-0.1, -0.05) is 24.3 Å². The number of aryl methyl sites for hydroxylation is 1. The Kier molecular flexibility index (Phi) is 3.29. The first-order chi connectivity index (χ1) is 10.6. The van der Waals surface area contributed by atoms with Crippen molar-refractivity contribution in [2.45, 2.75) is 13.8 Å². The Hall–Kier alpha value is -2.89. The van der Waals surface area contributed by atoms with Crippen LogP contribution in [0.1, 0.15) is 23.0 Å². The summed E-state index contributed by atoms with van der Waals surface area (Å²) in [6.45, 7) is 3.64. The van der Waals surface area contributed by atoms with Crippen molar-refractivity contribution in [2.75, 3.05) is 6.61 Å². The van der Waals surface area contributed by atoms with Crippen LogP contribution in [0.4, 0.5) is 5.69 Å². The number of hydrogen-bond donors (Lipinski definition) is 2. The van der Waals surface area contributed by atoms with Crippen LogP contribution >= 0.6 is 0 Å². The van der Waals surface area contributed by atoms with Crippen LogP contribution in [0.5, 0.6) is 5.75 Å². The second-order valence-corrected chi connectivity index (χ2v) is 4.93. The Labute approximate surface area is 125 Å². The van der Waals surface area contributed by atoms with Crippen LogP contribution in [-0.4, -0.2) is 22.7 Å². The molecule has 0 unspecified atom stereocenters. The van der Waals surface area contributed by atoms with Gasteiger partial charge in [0.2, 0.25) is 0 Å². The van der Waals surface area contributed by atoms with Crippen LogP contribution in [0.25, 0.3) is 21.7 Å². The molecule has 22 heavy (non-hydrogen) atoms. The number of nitrogens with one attached hydrogen (secondary N) is 1. The summed E-state index contributed by atoms with van der Waals surface area (Å²) < 4.78 is 5.04. The molecule has 112 valence electrons. The summed E-state index contributed by atoms with van der Waals surface area (Å²) in [4.78, 5) is 26.4. The number of H-pyrrole nitrogens is 1. The number of fused-ring (bicyclic) bond motifs is 3. The van der Waals surface area contributed by atoms with Crippen molar-refractivity contribution in [3.63, 3.8) is 0 Å². The predicted octanol–water partition coefficient (Wildman–Crippen LogP) is 3.91. The molecule has 2 aromatic carbocycles. The number of aromatic hydroxyl groups is 1. The van der Waals surface area contributed by atoms with E-state index in [4.69, 9.17) is 4.74 Å². The van der Waals surface area contributed by atoms with Crippen LogP contribution in [0, 0.1) is 11.8 Å². The summed E-state index contributed by atoms with van der Waals surface area (Å²) in [6.07, 6.45) is 0. The number of carbonyl (C=O) groups is 1. The number of hydrogen-bond acceptors (Lipinski definition) is 5. The third-order valence-corrected chi connectivity index (χ3v) is 3.67. The Morgan fingerprint density at radius 1 is 1.32 bits per heavy atom. The minimum atomic E-state index is -0.548. The average Bonchev–Trinajstić information content (AvgIpc) is 2.86. The van der Waals surface area contributed by atoms with Gasteiger partial charge in [0.15, 0.2) is 11.4 Å². The number of carbonyl (C=O) groups excluding carboxylic acids is 1. The van der Waals surface area contributed by atoms with Gasteiger partial charge >= 0.3 is 5.97 Å². The monoisotopic (exact) mass is 298 g/mol. The van der Waals surface area contributed by atoms with Crippen molar-refractivity contribution in [3.05, 3.63) is 40.4 Å². The molecule has 0 bridgehead atoms. The third kappa shape index (κ3) is 1.84. The summed E-state index contributed by atoms with van der Waals surface area (Å²) in [5, 5.41) is 14.9. The number of aromatic nitrogens is 1. The van der Waals surface area contributed by atoms with Gasteiger partial charge in [0.05, 0.1) is 23.1 Å². The molecule has 1 heterocycles.